The van der Waals surface area contributed by atoms with Gasteiger partial charge in [-0.25, -0.2) is 4.79 Å². The fourth-order valence-electron chi connectivity index (χ4n) is 3.76. The Morgan fingerprint density at radius 1 is 1.38 bits per heavy atom. The molecule has 1 atom stereocenters. The lowest BCUT2D eigenvalue weighted by Gasteiger charge is -2.42. The van der Waals surface area contributed by atoms with Crippen LogP contribution < -0.4 is 4.74 Å². The number of carbonyl (C=O) groups is 1. The molecule has 2 bridgehead atoms. The largest absolute Gasteiger partial charge is 0.482 e. The van der Waals surface area contributed by atoms with Gasteiger partial charge in [-0.3, -0.25) is 0 Å². The van der Waals surface area contributed by atoms with Crippen molar-refractivity contribution in [2.45, 2.75) is 26.2 Å². The number of nitrogens with zero attached hydrogens (tertiary/aromatic N) is 1. The molecule has 1 unspecified atom stereocenters. The van der Waals surface area contributed by atoms with Gasteiger partial charge in [0.2, 0.25) is 0 Å². The molecular weight excluding hydrogens is 326 g/mol. The number of hydrogen-bond donors (Lipinski definition) is 0. The van der Waals surface area contributed by atoms with Crippen LogP contribution in [0.1, 0.15) is 30.9 Å². The Kier molecular flexibility index (Phi) is 6.35. The highest BCUT2D eigenvalue weighted by molar-refractivity contribution is 5.71. The van der Waals surface area contributed by atoms with E-state index in [0.717, 1.165) is 23.6 Å². The van der Waals surface area contributed by atoms with Gasteiger partial charge >= 0.3 is 5.97 Å². The molecule has 1 aromatic carbocycles. The van der Waals surface area contributed by atoms with Crippen LogP contribution in [0, 0.1) is 23.7 Å². The third-order valence-electron chi connectivity index (χ3n) is 5.13. The summed E-state index contributed by atoms with van der Waals surface area (Å²) in [4.78, 5) is 14.0. The lowest BCUT2D eigenvalue weighted by Crippen LogP contribution is -2.46. The van der Waals surface area contributed by atoms with E-state index in [9.17, 15) is 4.79 Å². The number of ether oxygens (including phenoxy) is 2. The van der Waals surface area contributed by atoms with Gasteiger partial charge in [-0.15, -0.1) is 6.58 Å². The third kappa shape index (κ3) is 4.68. The summed E-state index contributed by atoms with van der Waals surface area (Å²) in [6, 6.07) is 5.89. The van der Waals surface area contributed by atoms with Crippen LogP contribution in [-0.4, -0.2) is 43.7 Å². The van der Waals surface area contributed by atoms with Gasteiger partial charge in [-0.05, 0) is 69.0 Å². The molecule has 3 saturated heterocycles. The fraction of sp³-hybridized carbons (Fsp3) is 0.500. The second-order valence-corrected chi connectivity index (χ2v) is 6.92. The zero-order valence-electron chi connectivity index (χ0n) is 15.5. The highest BCUT2D eigenvalue weighted by Gasteiger charge is 2.32. The number of fused-ring (bicyclic) bond motifs is 3. The predicted octanol–water partition coefficient (Wildman–Crippen LogP) is 3.05. The molecule has 3 aliphatic rings. The number of piperidine rings is 3. The summed E-state index contributed by atoms with van der Waals surface area (Å²) >= 11 is 0. The lowest BCUT2D eigenvalue weighted by molar-refractivity contribution is -0.145. The molecule has 0 aliphatic carbocycles. The van der Waals surface area contributed by atoms with Crippen LogP contribution in [-0.2, 0) is 16.0 Å². The Morgan fingerprint density at radius 3 is 2.85 bits per heavy atom. The van der Waals surface area contributed by atoms with E-state index in [1.165, 1.54) is 25.9 Å². The van der Waals surface area contributed by atoms with Gasteiger partial charge in [0.1, 0.15) is 5.75 Å². The van der Waals surface area contributed by atoms with Gasteiger partial charge in [-0.1, -0.05) is 17.9 Å². The van der Waals surface area contributed by atoms with Crippen molar-refractivity contribution in [1.82, 2.24) is 4.90 Å². The molecule has 1 aromatic rings. The molecule has 3 fully saturated rings. The Hall–Kier alpha value is -2.25. The maximum atomic E-state index is 11.5. The number of rotatable bonds is 6. The van der Waals surface area contributed by atoms with Crippen LogP contribution >= 0.6 is 0 Å². The zero-order valence-corrected chi connectivity index (χ0v) is 15.5. The SMILES string of the molecule is C=CCc1cc(C#CC2CN3CCC2CC3)ccc1OCC(=O)OCC. The van der Waals surface area contributed by atoms with Gasteiger partial charge in [-0.2, -0.15) is 0 Å². The fourth-order valence-corrected chi connectivity index (χ4v) is 3.76. The normalized spacial score (nSPS) is 23.7. The summed E-state index contributed by atoms with van der Waals surface area (Å²) in [5, 5.41) is 0. The van der Waals surface area contributed by atoms with Gasteiger partial charge < -0.3 is 14.4 Å². The van der Waals surface area contributed by atoms with Crippen LogP contribution in [0.3, 0.4) is 0 Å². The van der Waals surface area contributed by atoms with Gasteiger partial charge in [0.15, 0.2) is 6.61 Å². The molecule has 3 heterocycles. The summed E-state index contributed by atoms with van der Waals surface area (Å²) in [5.41, 5.74) is 1.98. The molecule has 4 rings (SSSR count). The predicted molar refractivity (Wildman–Crippen MR) is 102 cm³/mol. The zero-order chi connectivity index (χ0) is 18.4. The Balaban J connectivity index is 1.69. The van der Waals surface area contributed by atoms with E-state index >= 15 is 0 Å². The van der Waals surface area contributed by atoms with Crippen LogP contribution in [0.5, 0.6) is 5.75 Å². The molecule has 0 aromatic heterocycles. The van der Waals surface area contributed by atoms with E-state index in [1.54, 1.807) is 6.92 Å². The summed E-state index contributed by atoms with van der Waals surface area (Å²) in [6.07, 6.45) is 5.06. The van der Waals surface area contributed by atoms with E-state index in [0.29, 0.717) is 24.7 Å². The number of benzene rings is 1. The van der Waals surface area contributed by atoms with E-state index in [2.05, 4.69) is 23.3 Å². The van der Waals surface area contributed by atoms with E-state index in [-0.39, 0.29) is 12.6 Å². The molecule has 0 N–H and O–H groups in total. The van der Waals surface area contributed by atoms with Crippen molar-refractivity contribution in [3.05, 3.63) is 42.0 Å². The number of allylic oxidation sites excluding steroid dienone is 1. The topological polar surface area (TPSA) is 38.8 Å². The summed E-state index contributed by atoms with van der Waals surface area (Å²) in [6.45, 7) is 9.44. The van der Waals surface area contributed by atoms with Crippen molar-refractivity contribution in [2.75, 3.05) is 32.8 Å². The molecule has 0 saturated carbocycles. The summed E-state index contributed by atoms with van der Waals surface area (Å²) in [7, 11) is 0. The first-order chi connectivity index (χ1) is 12.7. The van der Waals surface area contributed by atoms with Gasteiger partial charge in [0, 0.05) is 18.0 Å². The molecule has 0 radical (unpaired) electrons. The molecule has 0 spiro atoms. The monoisotopic (exact) mass is 353 g/mol. The Labute approximate surface area is 156 Å². The summed E-state index contributed by atoms with van der Waals surface area (Å²) < 4.78 is 10.5. The van der Waals surface area contributed by atoms with Crippen LogP contribution in [0.2, 0.25) is 0 Å². The molecule has 4 nitrogen and oxygen atoms in total. The van der Waals surface area contributed by atoms with Crippen molar-refractivity contribution < 1.29 is 14.3 Å². The second-order valence-electron chi connectivity index (χ2n) is 6.92. The minimum absolute atomic E-state index is 0.0808. The molecule has 4 heteroatoms. The second kappa shape index (κ2) is 8.91. The average Bonchev–Trinajstić information content (AvgIpc) is 2.67. The first-order valence-electron chi connectivity index (χ1n) is 9.45. The maximum Gasteiger partial charge on any atom is 0.344 e. The first kappa shape index (κ1) is 18.5. The van der Waals surface area contributed by atoms with E-state index in [1.807, 2.05) is 24.3 Å². The summed E-state index contributed by atoms with van der Waals surface area (Å²) in [5.74, 6) is 8.42. The number of esters is 1. The first-order valence-corrected chi connectivity index (χ1v) is 9.45. The van der Waals surface area contributed by atoms with E-state index < -0.39 is 0 Å². The smallest absolute Gasteiger partial charge is 0.344 e. The average molecular weight is 353 g/mol. The third-order valence-corrected chi connectivity index (χ3v) is 5.13. The minimum Gasteiger partial charge on any atom is -0.482 e. The molecule has 3 aliphatic heterocycles. The van der Waals surface area contributed by atoms with Crippen molar-refractivity contribution in [3.63, 3.8) is 0 Å². The van der Waals surface area contributed by atoms with Crippen molar-refractivity contribution in [2.24, 2.45) is 11.8 Å². The van der Waals surface area contributed by atoms with Crippen molar-refractivity contribution in [1.29, 1.82) is 0 Å². The minimum atomic E-state index is -0.358. The number of hydrogen-bond acceptors (Lipinski definition) is 4. The highest BCUT2D eigenvalue weighted by Crippen LogP contribution is 2.31. The molecule has 138 valence electrons. The highest BCUT2D eigenvalue weighted by atomic mass is 16.6. The van der Waals surface area contributed by atoms with Gasteiger partial charge in [0.25, 0.3) is 0 Å². The van der Waals surface area contributed by atoms with Crippen molar-refractivity contribution >= 4 is 5.97 Å². The Bertz CT molecular complexity index is 708. The maximum absolute atomic E-state index is 11.5. The van der Waals surface area contributed by atoms with Gasteiger partial charge in [0.05, 0.1) is 6.61 Å². The quantitative estimate of drug-likeness (QED) is 0.448. The Morgan fingerprint density at radius 2 is 2.19 bits per heavy atom. The molecule has 0 amide bonds. The van der Waals surface area contributed by atoms with Crippen LogP contribution in [0.25, 0.3) is 0 Å². The van der Waals surface area contributed by atoms with Crippen LogP contribution in [0.4, 0.5) is 0 Å². The van der Waals surface area contributed by atoms with E-state index in [4.69, 9.17) is 9.47 Å². The van der Waals surface area contributed by atoms with Crippen LogP contribution in [0.15, 0.2) is 30.9 Å². The lowest BCUT2D eigenvalue weighted by atomic mass is 9.79. The van der Waals surface area contributed by atoms with Crippen molar-refractivity contribution in [3.8, 4) is 17.6 Å². The molecule has 26 heavy (non-hydrogen) atoms. The number of carbonyl (C=O) groups excluding carboxylic acids is 1. The standard InChI is InChI=1S/C22H27NO3/c1-3-5-19-14-17(7-9-21(19)26-16-22(24)25-4-2)6-8-20-15-23-12-10-18(20)11-13-23/h3,7,9,14,18,20H,1,4-5,10-13,15-16H2,2H3. The molecular formula is C22H27NO3.